The summed E-state index contributed by atoms with van der Waals surface area (Å²) < 4.78 is 12.9. The van der Waals surface area contributed by atoms with E-state index in [0.717, 1.165) is 35.8 Å². The van der Waals surface area contributed by atoms with Gasteiger partial charge in [0, 0.05) is 34.8 Å². The second-order valence-corrected chi connectivity index (χ2v) is 16.6. The number of alkyl carbamates (subject to hydrolysis) is 1. The molecule has 1 saturated heterocycles. The van der Waals surface area contributed by atoms with Crippen LogP contribution in [0.3, 0.4) is 0 Å². The Morgan fingerprint density at radius 3 is 1.98 bits per heavy atom. The number of benzene rings is 3. The van der Waals surface area contributed by atoms with Gasteiger partial charge < -0.3 is 19.4 Å². The molecule has 1 aliphatic rings. The molecule has 224 valence electrons. The van der Waals surface area contributed by atoms with Gasteiger partial charge in [-0.15, -0.1) is 11.8 Å². The lowest BCUT2D eigenvalue weighted by atomic mass is 9.78. The van der Waals surface area contributed by atoms with Crippen LogP contribution < -0.4 is 5.32 Å². The predicted molar refractivity (Wildman–Crippen MR) is 176 cm³/mol. The summed E-state index contributed by atoms with van der Waals surface area (Å²) in [5.74, 6) is 0. The number of hydrogen-bond acceptors (Lipinski definition) is 5. The molecule has 0 saturated carbocycles. The molecule has 0 spiro atoms. The first kappa shape index (κ1) is 32.6. The van der Waals surface area contributed by atoms with Crippen LogP contribution in [0.1, 0.15) is 59.1 Å². The average molecular weight is 623 g/mol. The fraction of sp³-hybridized carbons (Fsp3) is 0.441. The number of nitrogens with one attached hydrogen (secondary N) is 1. The van der Waals surface area contributed by atoms with Crippen LogP contribution in [0.15, 0.2) is 89.8 Å². The maximum Gasteiger partial charge on any atom is 0.407 e. The third-order valence-electron chi connectivity index (χ3n) is 6.88. The summed E-state index contributed by atoms with van der Waals surface area (Å²) >= 11 is 7.96. The number of rotatable bonds is 11. The van der Waals surface area contributed by atoms with Crippen LogP contribution in [-0.2, 0) is 14.8 Å². The second kappa shape index (κ2) is 14.0. The molecule has 1 heterocycles. The number of carbonyl (C=O) groups is 1. The Labute approximate surface area is 263 Å². The number of hydrogen-bond donors (Lipinski definition) is 1. The molecule has 3 aromatic rings. The lowest BCUT2D eigenvalue weighted by Crippen LogP contribution is -2.57. The van der Waals surface area contributed by atoms with E-state index in [1.807, 2.05) is 81.1 Å². The maximum atomic E-state index is 13.4. The monoisotopic (exact) mass is 622 g/mol. The standard InChI is InChI=1S/C34H43ClN2O3SSi/c1-32(2,3)39-31(38)36-30(21-22-37-23-29(24-37)41-28-19-17-27(35)18-20-28)34(40-42-33(4,5)6,25-13-9-7-10-14-25)26-15-11-8-12-16-26/h7-20,29-30H,21-24H2,1-6H3,(H,36,38)/t30-/m0/s1. The predicted octanol–water partition coefficient (Wildman–Crippen LogP) is 8.20. The second-order valence-electron chi connectivity index (χ2n) is 12.9. The minimum absolute atomic E-state index is 0.0607. The van der Waals surface area contributed by atoms with Crippen LogP contribution in [0.4, 0.5) is 4.79 Å². The Morgan fingerprint density at radius 1 is 0.929 bits per heavy atom. The molecule has 1 fully saturated rings. The van der Waals surface area contributed by atoms with Crippen molar-refractivity contribution in [1.82, 2.24) is 10.2 Å². The van der Waals surface area contributed by atoms with Crippen LogP contribution in [0.25, 0.3) is 0 Å². The summed E-state index contributed by atoms with van der Waals surface area (Å²) in [6.45, 7) is 15.0. The van der Waals surface area contributed by atoms with Crippen molar-refractivity contribution in [1.29, 1.82) is 0 Å². The molecule has 42 heavy (non-hydrogen) atoms. The highest BCUT2D eigenvalue weighted by molar-refractivity contribution is 8.00. The number of thioether (sulfide) groups is 1. The van der Waals surface area contributed by atoms with E-state index in [9.17, 15) is 4.79 Å². The van der Waals surface area contributed by atoms with E-state index < -0.39 is 17.3 Å². The Bertz CT molecular complexity index is 1230. The zero-order valence-corrected chi connectivity index (χ0v) is 28.1. The fourth-order valence-electron chi connectivity index (χ4n) is 4.99. The van der Waals surface area contributed by atoms with Crippen molar-refractivity contribution in [3.8, 4) is 0 Å². The molecular formula is C34H43ClN2O3SSi. The highest BCUT2D eigenvalue weighted by atomic mass is 35.5. The van der Waals surface area contributed by atoms with Crippen LogP contribution >= 0.6 is 23.4 Å². The van der Waals surface area contributed by atoms with E-state index in [0.29, 0.717) is 11.7 Å². The van der Waals surface area contributed by atoms with Crippen LogP contribution in [0, 0.1) is 0 Å². The Morgan fingerprint density at radius 2 is 1.48 bits per heavy atom. The van der Waals surface area contributed by atoms with E-state index >= 15 is 0 Å². The van der Waals surface area contributed by atoms with Crippen molar-refractivity contribution in [2.45, 2.75) is 80.4 Å². The first-order valence-corrected chi connectivity index (χ1v) is 16.7. The topological polar surface area (TPSA) is 50.8 Å². The van der Waals surface area contributed by atoms with E-state index in [1.165, 1.54) is 4.90 Å². The lowest BCUT2D eigenvalue weighted by Gasteiger charge is -2.45. The molecule has 1 aliphatic heterocycles. The zero-order chi connectivity index (χ0) is 30.4. The van der Waals surface area contributed by atoms with Gasteiger partial charge in [0.15, 0.2) is 0 Å². The number of halogens is 1. The maximum absolute atomic E-state index is 13.4. The third-order valence-corrected chi connectivity index (χ3v) is 9.34. The molecular weight excluding hydrogens is 580 g/mol. The van der Waals surface area contributed by atoms with Gasteiger partial charge >= 0.3 is 6.09 Å². The van der Waals surface area contributed by atoms with Crippen molar-refractivity contribution in [2.75, 3.05) is 19.6 Å². The normalized spacial score (nSPS) is 15.6. The van der Waals surface area contributed by atoms with Gasteiger partial charge in [-0.05, 0) is 67.6 Å². The van der Waals surface area contributed by atoms with Gasteiger partial charge in [-0.2, -0.15) is 0 Å². The van der Waals surface area contributed by atoms with Gasteiger partial charge in [-0.1, -0.05) is 93.0 Å². The van der Waals surface area contributed by atoms with E-state index in [2.05, 4.69) is 67.4 Å². The number of nitrogens with zero attached hydrogens (tertiary/aromatic N) is 1. The summed E-state index contributed by atoms with van der Waals surface area (Å²) in [5, 5.41) is 4.50. The van der Waals surface area contributed by atoms with Crippen LogP contribution in [0.5, 0.6) is 0 Å². The quantitative estimate of drug-likeness (QED) is 0.219. The van der Waals surface area contributed by atoms with Gasteiger partial charge in [-0.3, -0.25) is 0 Å². The smallest absolute Gasteiger partial charge is 0.407 e. The first-order chi connectivity index (χ1) is 19.8. The summed E-state index contributed by atoms with van der Waals surface area (Å²) in [4.78, 5) is 17.1. The lowest BCUT2D eigenvalue weighted by molar-refractivity contribution is 0.0235. The van der Waals surface area contributed by atoms with Gasteiger partial charge in [-0.25, -0.2) is 4.79 Å². The Hall–Kier alpha value is -2.29. The molecule has 8 heteroatoms. The molecule has 2 radical (unpaired) electrons. The average Bonchev–Trinajstić information content (AvgIpc) is 2.90. The molecule has 0 unspecified atom stereocenters. The first-order valence-electron chi connectivity index (χ1n) is 14.5. The minimum Gasteiger partial charge on any atom is -0.444 e. The molecule has 0 bridgehead atoms. The van der Waals surface area contributed by atoms with Gasteiger partial charge in [0.2, 0.25) is 9.76 Å². The largest absolute Gasteiger partial charge is 0.444 e. The van der Waals surface area contributed by atoms with E-state index in [-0.39, 0.29) is 20.8 Å². The molecule has 3 aromatic carbocycles. The molecule has 0 aliphatic carbocycles. The summed E-state index contributed by atoms with van der Waals surface area (Å²) in [7, 11) is 0.197. The van der Waals surface area contributed by atoms with Crippen molar-refractivity contribution >= 4 is 39.2 Å². The minimum atomic E-state index is -0.909. The molecule has 4 rings (SSSR count). The van der Waals surface area contributed by atoms with Crippen LogP contribution in [-0.4, -0.2) is 57.3 Å². The number of ether oxygens (including phenoxy) is 1. The van der Waals surface area contributed by atoms with Gasteiger partial charge in [0.05, 0.1) is 6.04 Å². The van der Waals surface area contributed by atoms with Gasteiger partial charge in [0.25, 0.3) is 0 Å². The van der Waals surface area contributed by atoms with Gasteiger partial charge in [0.1, 0.15) is 11.2 Å². The van der Waals surface area contributed by atoms with E-state index in [4.69, 9.17) is 20.8 Å². The number of likely N-dealkylation sites (tertiary alicyclic amines) is 1. The van der Waals surface area contributed by atoms with Crippen LogP contribution in [0.2, 0.25) is 10.1 Å². The SMILES string of the molecule is CC(C)(C)OC(=O)N[C@@H](CCN1CC(Sc2ccc(Cl)cc2)C1)C(O[Si]C(C)(C)C)(c1ccccc1)c1ccccc1. The summed E-state index contributed by atoms with van der Waals surface area (Å²) in [6, 6.07) is 28.3. The van der Waals surface area contributed by atoms with Crippen molar-refractivity contribution in [3.05, 3.63) is 101 Å². The molecule has 1 atom stereocenters. The third kappa shape index (κ3) is 9.10. The number of carbonyl (C=O) groups excluding carboxylic acids is 1. The Balaban J connectivity index is 1.63. The molecule has 0 aromatic heterocycles. The number of amides is 1. The molecule has 1 N–H and O–H groups in total. The van der Waals surface area contributed by atoms with Crippen molar-refractivity contribution < 1.29 is 14.0 Å². The Kier molecular flexibility index (Phi) is 10.9. The van der Waals surface area contributed by atoms with Crippen molar-refractivity contribution in [3.63, 3.8) is 0 Å². The summed E-state index contributed by atoms with van der Waals surface area (Å²) in [6.07, 6.45) is 0.252. The van der Waals surface area contributed by atoms with E-state index in [1.54, 1.807) is 0 Å². The fourth-order valence-corrected chi connectivity index (χ4v) is 7.21. The molecule has 1 amide bonds. The highest BCUT2D eigenvalue weighted by Crippen LogP contribution is 2.41. The molecule has 5 nitrogen and oxygen atoms in total. The highest BCUT2D eigenvalue weighted by Gasteiger charge is 2.46. The zero-order valence-electron chi connectivity index (χ0n) is 25.5. The summed E-state index contributed by atoms with van der Waals surface area (Å²) in [5.41, 5.74) is 0.490. The van der Waals surface area contributed by atoms with Crippen molar-refractivity contribution in [2.24, 2.45) is 0 Å².